The van der Waals surface area contributed by atoms with Gasteiger partial charge in [-0.25, -0.2) is 10.1 Å². The second-order valence-corrected chi connectivity index (χ2v) is 3.45. The Labute approximate surface area is 122 Å². The molecule has 0 aliphatic heterocycles. The molecule has 0 aliphatic carbocycles. The standard InChI is InChI=1S/C8H18N4O3.C2H4N4/c9-1-3-13-5-7-15-8-6-14-4-2-11-12-10;3-2-4-1-5-6-2/h1-9H2;1H,(H3,3,4,5,6). The highest BCUT2D eigenvalue weighted by Gasteiger charge is 1.90. The zero-order valence-electron chi connectivity index (χ0n) is 11.8. The summed E-state index contributed by atoms with van der Waals surface area (Å²) in [6, 6.07) is 0. The first-order chi connectivity index (χ1) is 10.3. The van der Waals surface area contributed by atoms with Gasteiger partial charge in [0.05, 0.1) is 39.6 Å². The molecule has 0 amide bonds. The van der Waals surface area contributed by atoms with Crippen LogP contribution in [0.3, 0.4) is 0 Å². The van der Waals surface area contributed by atoms with Gasteiger partial charge in [-0.1, -0.05) is 5.11 Å². The molecule has 1 rings (SSSR count). The minimum absolute atomic E-state index is 0.356. The number of nitrogens with two attached hydrogens (primary N) is 2. The molecule has 120 valence electrons. The second kappa shape index (κ2) is 16.1. The number of ether oxygens (including phenoxy) is 3. The number of anilines is 1. The average molecular weight is 302 g/mol. The lowest BCUT2D eigenvalue weighted by Crippen LogP contribution is -2.13. The number of azide groups is 1. The Morgan fingerprint density at radius 1 is 1.14 bits per heavy atom. The first-order valence-corrected chi connectivity index (χ1v) is 6.36. The lowest BCUT2D eigenvalue weighted by atomic mass is 10.7. The molecule has 0 saturated carbocycles. The molecule has 11 nitrogen and oxygen atoms in total. The summed E-state index contributed by atoms with van der Waals surface area (Å²) < 4.78 is 15.4. The minimum Gasteiger partial charge on any atom is -0.379 e. The van der Waals surface area contributed by atoms with Crippen molar-refractivity contribution in [1.82, 2.24) is 15.2 Å². The molecule has 0 unspecified atom stereocenters. The number of nitrogens with zero attached hydrogens (tertiary/aromatic N) is 5. The lowest BCUT2D eigenvalue weighted by molar-refractivity contribution is 0.0175. The van der Waals surface area contributed by atoms with Crippen LogP contribution in [-0.2, 0) is 14.2 Å². The Morgan fingerprint density at radius 2 is 1.76 bits per heavy atom. The minimum atomic E-state index is 0.356. The predicted octanol–water partition coefficient (Wildman–Crippen LogP) is -0.308. The van der Waals surface area contributed by atoms with E-state index in [1.807, 2.05) is 0 Å². The molecule has 0 bridgehead atoms. The van der Waals surface area contributed by atoms with Crippen molar-refractivity contribution in [2.45, 2.75) is 0 Å². The molecule has 5 N–H and O–H groups in total. The molecule has 11 heteroatoms. The number of aromatic amines is 1. The van der Waals surface area contributed by atoms with Crippen LogP contribution >= 0.6 is 0 Å². The molecular formula is C10H22N8O3. The van der Waals surface area contributed by atoms with Gasteiger partial charge in [-0.3, -0.25) is 0 Å². The molecule has 21 heavy (non-hydrogen) atoms. The van der Waals surface area contributed by atoms with Crippen molar-refractivity contribution in [3.63, 3.8) is 0 Å². The normalized spacial score (nSPS) is 9.57. The van der Waals surface area contributed by atoms with Gasteiger partial charge in [-0.05, 0) is 5.53 Å². The monoisotopic (exact) mass is 302 g/mol. The maximum atomic E-state index is 7.97. The Bertz CT molecular complexity index is 355. The summed E-state index contributed by atoms with van der Waals surface area (Å²) in [5.41, 5.74) is 18.2. The Kier molecular flexibility index (Phi) is 14.7. The van der Waals surface area contributed by atoms with Crippen LogP contribution in [0.25, 0.3) is 10.4 Å². The van der Waals surface area contributed by atoms with Gasteiger partial charge < -0.3 is 25.7 Å². The van der Waals surface area contributed by atoms with Crippen LogP contribution in [0.4, 0.5) is 5.95 Å². The van der Waals surface area contributed by atoms with Gasteiger partial charge in [0.1, 0.15) is 6.33 Å². The fraction of sp³-hybridized carbons (Fsp3) is 0.800. The van der Waals surface area contributed by atoms with Crippen molar-refractivity contribution in [2.24, 2.45) is 10.8 Å². The molecule has 0 fully saturated rings. The van der Waals surface area contributed by atoms with Crippen molar-refractivity contribution < 1.29 is 14.2 Å². The zero-order valence-corrected chi connectivity index (χ0v) is 11.8. The van der Waals surface area contributed by atoms with Crippen LogP contribution < -0.4 is 11.5 Å². The molecule has 1 aromatic heterocycles. The van der Waals surface area contributed by atoms with Crippen molar-refractivity contribution >= 4 is 5.95 Å². The molecule has 0 aromatic carbocycles. The van der Waals surface area contributed by atoms with Crippen LogP contribution in [0.5, 0.6) is 0 Å². The van der Waals surface area contributed by atoms with Crippen molar-refractivity contribution in [1.29, 1.82) is 0 Å². The van der Waals surface area contributed by atoms with Crippen LogP contribution in [0.2, 0.25) is 0 Å². The molecular weight excluding hydrogens is 280 g/mol. The molecule has 0 atom stereocenters. The first-order valence-electron chi connectivity index (χ1n) is 6.36. The number of hydrogen-bond acceptors (Lipinski definition) is 8. The fourth-order valence-electron chi connectivity index (χ4n) is 0.990. The zero-order chi connectivity index (χ0) is 15.6. The molecule has 0 radical (unpaired) electrons. The lowest BCUT2D eigenvalue weighted by Gasteiger charge is -2.05. The molecule has 1 aromatic rings. The SMILES string of the molecule is Nc1ncn[nH]1.[N-]=[N+]=NCCOCCOCCOCCN. The van der Waals surface area contributed by atoms with E-state index in [4.69, 9.17) is 31.2 Å². The largest absolute Gasteiger partial charge is 0.379 e. The summed E-state index contributed by atoms with van der Waals surface area (Å²) in [5, 5.41) is 9.20. The summed E-state index contributed by atoms with van der Waals surface area (Å²) in [5.74, 6) is 0.356. The quantitative estimate of drug-likeness (QED) is 0.218. The van der Waals surface area contributed by atoms with Gasteiger partial charge in [0.25, 0.3) is 0 Å². The smallest absolute Gasteiger partial charge is 0.215 e. The Balaban J connectivity index is 0.000000547. The van der Waals surface area contributed by atoms with E-state index in [9.17, 15) is 0 Å². The van der Waals surface area contributed by atoms with Crippen molar-refractivity contribution in [2.75, 3.05) is 58.5 Å². The summed E-state index contributed by atoms with van der Waals surface area (Å²) in [4.78, 5) is 6.13. The first kappa shape index (κ1) is 19.1. The maximum Gasteiger partial charge on any atom is 0.215 e. The van der Waals surface area contributed by atoms with Crippen molar-refractivity contribution in [3.05, 3.63) is 16.8 Å². The fourth-order valence-corrected chi connectivity index (χ4v) is 0.990. The highest BCUT2D eigenvalue weighted by molar-refractivity contribution is 5.07. The Morgan fingerprint density at radius 3 is 2.19 bits per heavy atom. The predicted molar refractivity (Wildman–Crippen MR) is 76.3 cm³/mol. The number of rotatable bonds is 11. The number of hydrogen-bond donors (Lipinski definition) is 3. The topological polar surface area (TPSA) is 170 Å². The average Bonchev–Trinajstić information content (AvgIpc) is 2.97. The van der Waals surface area contributed by atoms with Crippen LogP contribution in [0.1, 0.15) is 0 Å². The summed E-state index contributed by atoms with van der Waals surface area (Å²) in [6.45, 7) is 3.98. The van der Waals surface area contributed by atoms with Gasteiger partial charge in [0, 0.05) is 18.0 Å². The van der Waals surface area contributed by atoms with E-state index in [1.165, 1.54) is 6.33 Å². The molecule has 0 aliphatic rings. The van der Waals surface area contributed by atoms with Crippen molar-refractivity contribution in [3.8, 4) is 0 Å². The number of nitrogens with one attached hydrogen (secondary N) is 1. The summed E-state index contributed by atoms with van der Waals surface area (Å²) in [7, 11) is 0. The number of aromatic nitrogens is 3. The summed E-state index contributed by atoms with van der Waals surface area (Å²) >= 11 is 0. The molecule has 0 saturated heterocycles. The van der Waals surface area contributed by atoms with Crippen LogP contribution in [-0.4, -0.2) is 67.9 Å². The van der Waals surface area contributed by atoms with E-state index in [0.29, 0.717) is 58.7 Å². The maximum absolute atomic E-state index is 7.97. The van der Waals surface area contributed by atoms with E-state index in [0.717, 1.165) is 0 Å². The summed E-state index contributed by atoms with van der Waals surface area (Å²) in [6.07, 6.45) is 1.36. The van der Waals surface area contributed by atoms with E-state index in [-0.39, 0.29) is 0 Å². The third kappa shape index (κ3) is 16.0. The highest BCUT2D eigenvalue weighted by atomic mass is 16.5. The number of nitrogen functional groups attached to an aromatic ring is 1. The van der Waals surface area contributed by atoms with Gasteiger partial charge in [0.15, 0.2) is 0 Å². The van der Waals surface area contributed by atoms with Gasteiger partial charge in [-0.2, -0.15) is 5.10 Å². The van der Waals surface area contributed by atoms with Crippen LogP contribution in [0.15, 0.2) is 11.4 Å². The number of H-pyrrole nitrogens is 1. The third-order valence-corrected chi connectivity index (χ3v) is 1.84. The van der Waals surface area contributed by atoms with E-state index >= 15 is 0 Å². The Hall–Kier alpha value is -1.91. The van der Waals surface area contributed by atoms with Crippen LogP contribution in [0, 0.1) is 0 Å². The van der Waals surface area contributed by atoms with Gasteiger partial charge in [0.2, 0.25) is 5.95 Å². The van der Waals surface area contributed by atoms with Gasteiger partial charge in [-0.15, -0.1) is 0 Å². The molecule has 0 spiro atoms. The van der Waals surface area contributed by atoms with Gasteiger partial charge >= 0.3 is 0 Å². The third-order valence-electron chi connectivity index (χ3n) is 1.84. The molecule has 1 heterocycles. The second-order valence-electron chi connectivity index (χ2n) is 3.45. The van der Waals surface area contributed by atoms with E-state index in [1.54, 1.807) is 0 Å². The van der Waals surface area contributed by atoms with E-state index in [2.05, 4.69) is 25.2 Å². The highest BCUT2D eigenvalue weighted by Crippen LogP contribution is 1.81. The van der Waals surface area contributed by atoms with E-state index < -0.39 is 0 Å².